The third-order valence-electron chi connectivity index (χ3n) is 2.58. The summed E-state index contributed by atoms with van der Waals surface area (Å²) >= 11 is 3.01. The Bertz CT molecular complexity index is 576. The molecule has 0 aliphatic rings. The molecule has 19 heavy (non-hydrogen) atoms. The van der Waals surface area contributed by atoms with Crippen LogP contribution in [0.25, 0.3) is 0 Å². The molecule has 1 rings (SSSR count). The molecule has 0 heterocycles. The van der Waals surface area contributed by atoms with Crippen molar-refractivity contribution in [2.24, 2.45) is 0 Å². The average Bonchev–Trinajstić information content (AvgIpc) is 2.31. The summed E-state index contributed by atoms with van der Waals surface area (Å²) in [4.78, 5) is -0.113. The van der Waals surface area contributed by atoms with Crippen LogP contribution in [-0.2, 0) is 14.8 Å². The third-order valence-corrected chi connectivity index (χ3v) is 4.94. The largest absolute Gasteiger partial charge is 0.396 e. The third kappa shape index (κ3) is 4.13. The van der Waals surface area contributed by atoms with E-state index < -0.39 is 21.4 Å². The summed E-state index contributed by atoms with van der Waals surface area (Å²) in [5.74, 6) is -0.678. The van der Waals surface area contributed by atoms with E-state index in [0.29, 0.717) is 0 Å². The van der Waals surface area contributed by atoms with Gasteiger partial charge in [-0.25, -0.2) is 17.5 Å². The number of halogens is 2. The lowest BCUT2D eigenvalue weighted by Crippen LogP contribution is -2.39. The van der Waals surface area contributed by atoms with Gasteiger partial charge in [0.25, 0.3) is 0 Å². The van der Waals surface area contributed by atoms with Crippen molar-refractivity contribution in [3.8, 4) is 0 Å². The van der Waals surface area contributed by atoms with E-state index in [9.17, 15) is 12.8 Å². The summed E-state index contributed by atoms with van der Waals surface area (Å²) < 4.78 is 45.0. The lowest BCUT2D eigenvalue weighted by Gasteiger charge is -2.23. The van der Waals surface area contributed by atoms with Gasteiger partial charge in [-0.2, -0.15) is 0 Å². The Kier molecular flexibility index (Phi) is 4.94. The lowest BCUT2D eigenvalue weighted by atomic mass is 10.1. The maximum Gasteiger partial charge on any atom is 0.241 e. The summed E-state index contributed by atoms with van der Waals surface area (Å²) in [5.41, 5.74) is 4.51. The molecule has 0 saturated carbocycles. The summed E-state index contributed by atoms with van der Waals surface area (Å²) in [6, 6.07) is 2.09. The minimum Gasteiger partial charge on any atom is -0.396 e. The van der Waals surface area contributed by atoms with Gasteiger partial charge in [0.2, 0.25) is 10.0 Å². The zero-order valence-corrected chi connectivity index (χ0v) is 13.2. The highest BCUT2D eigenvalue weighted by atomic mass is 79.9. The van der Waals surface area contributed by atoms with E-state index in [1.807, 2.05) is 0 Å². The number of hydrogen-bond acceptors (Lipinski definition) is 4. The molecule has 8 heteroatoms. The van der Waals surface area contributed by atoms with Crippen molar-refractivity contribution in [2.75, 3.05) is 19.4 Å². The Morgan fingerprint density at radius 3 is 2.58 bits per heavy atom. The molecule has 0 bridgehead atoms. The molecule has 0 fully saturated rings. The van der Waals surface area contributed by atoms with E-state index in [0.717, 1.165) is 12.1 Å². The van der Waals surface area contributed by atoms with Crippen molar-refractivity contribution in [3.05, 3.63) is 22.4 Å². The van der Waals surface area contributed by atoms with Gasteiger partial charge in [0.15, 0.2) is 0 Å². The maximum absolute atomic E-state index is 13.2. The zero-order chi connectivity index (χ0) is 14.8. The standard InChI is InChI=1S/C11H16BrFN2O3S/c1-11(2,18-3)6-15-19(16,17)10-5-9(14)8(13)4-7(10)12/h4-5,15H,6,14H2,1-3H3. The number of nitrogens with one attached hydrogen (secondary N) is 1. The topological polar surface area (TPSA) is 81.4 Å². The molecule has 0 aliphatic heterocycles. The molecule has 108 valence electrons. The van der Waals surface area contributed by atoms with Gasteiger partial charge >= 0.3 is 0 Å². The van der Waals surface area contributed by atoms with Gasteiger partial charge in [0.1, 0.15) is 5.82 Å². The summed E-state index contributed by atoms with van der Waals surface area (Å²) in [6.07, 6.45) is 0. The number of methoxy groups -OCH3 is 1. The monoisotopic (exact) mass is 354 g/mol. The number of rotatable bonds is 5. The highest BCUT2D eigenvalue weighted by Crippen LogP contribution is 2.26. The molecular weight excluding hydrogens is 339 g/mol. The van der Waals surface area contributed by atoms with Crippen molar-refractivity contribution in [3.63, 3.8) is 0 Å². The molecule has 1 aromatic carbocycles. The molecule has 0 spiro atoms. The molecule has 0 amide bonds. The quantitative estimate of drug-likeness (QED) is 0.791. The van der Waals surface area contributed by atoms with E-state index in [1.165, 1.54) is 7.11 Å². The van der Waals surface area contributed by atoms with E-state index in [1.54, 1.807) is 13.8 Å². The van der Waals surface area contributed by atoms with Crippen molar-refractivity contribution in [1.29, 1.82) is 0 Å². The smallest absolute Gasteiger partial charge is 0.241 e. The molecule has 0 atom stereocenters. The van der Waals surface area contributed by atoms with Crippen LogP contribution in [-0.4, -0.2) is 27.7 Å². The van der Waals surface area contributed by atoms with E-state index >= 15 is 0 Å². The molecular formula is C11H16BrFN2O3S. The molecule has 5 nitrogen and oxygen atoms in total. The van der Waals surface area contributed by atoms with Crippen molar-refractivity contribution in [2.45, 2.75) is 24.3 Å². The molecule has 0 unspecified atom stereocenters. The first-order chi connectivity index (χ1) is 8.59. The first-order valence-electron chi connectivity index (χ1n) is 5.38. The number of hydrogen-bond donors (Lipinski definition) is 2. The Hall–Kier alpha value is -0.700. The first kappa shape index (κ1) is 16.4. The molecule has 0 saturated heterocycles. The fourth-order valence-electron chi connectivity index (χ4n) is 1.17. The van der Waals surface area contributed by atoms with Gasteiger partial charge in [0, 0.05) is 18.1 Å². The first-order valence-corrected chi connectivity index (χ1v) is 7.66. The van der Waals surface area contributed by atoms with E-state index in [4.69, 9.17) is 10.5 Å². The fraction of sp³-hybridized carbons (Fsp3) is 0.455. The number of anilines is 1. The Morgan fingerprint density at radius 2 is 2.05 bits per heavy atom. The van der Waals surface area contributed by atoms with E-state index in [-0.39, 0.29) is 21.6 Å². The van der Waals surface area contributed by atoms with E-state index in [2.05, 4.69) is 20.7 Å². The molecule has 0 aliphatic carbocycles. The molecule has 3 N–H and O–H groups in total. The minimum absolute atomic E-state index is 0.0789. The highest BCUT2D eigenvalue weighted by Gasteiger charge is 2.24. The second kappa shape index (κ2) is 5.74. The molecule has 0 aromatic heterocycles. The predicted molar refractivity (Wildman–Crippen MR) is 74.8 cm³/mol. The van der Waals surface area contributed by atoms with Gasteiger partial charge in [-0.05, 0) is 41.9 Å². The second-order valence-electron chi connectivity index (χ2n) is 4.59. The van der Waals surface area contributed by atoms with Crippen LogP contribution in [0.15, 0.2) is 21.5 Å². The Balaban J connectivity index is 3.05. The van der Waals surface area contributed by atoms with Crippen LogP contribution in [0.2, 0.25) is 0 Å². The molecule has 0 radical (unpaired) electrons. The Labute approximate surface area is 120 Å². The van der Waals surface area contributed by atoms with Crippen molar-refractivity contribution >= 4 is 31.6 Å². The van der Waals surface area contributed by atoms with Crippen LogP contribution in [0.3, 0.4) is 0 Å². The highest BCUT2D eigenvalue weighted by molar-refractivity contribution is 9.10. The second-order valence-corrected chi connectivity index (χ2v) is 7.18. The van der Waals surface area contributed by atoms with Crippen LogP contribution in [0.1, 0.15) is 13.8 Å². The van der Waals surface area contributed by atoms with Gasteiger partial charge in [-0.15, -0.1) is 0 Å². The maximum atomic E-state index is 13.2. The zero-order valence-electron chi connectivity index (χ0n) is 10.8. The van der Waals surface area contributed by atoms with Crippen LogP contribution in [0, 0.1) is 5.82 Å². The number of ether oxygens (including phenoxy) is 1. The summed E-state index contributed by atoms with van der Waals surface area (Å²) in [5, 5.41) is 0. The number of benzene rings is 1. The molecule has 1 aromatic rings. The van der Waals surface area contributed by atoms with Crippen LogP contribution in [0.5, 0.6) is 0 Å². The van der Waals surface area contributed by atoms with Crippen LogP contribution in [0.4, 0.5) is 10.1 Å². The van der Waals surface area contributed by atoms with Gasteiger partial charge < -0.3 is 10.5 Å². The van der Waals surface area contributed by atoms with Gasteiger partial charge in [-0.1, -0.05) is 0 Å². The normalized spacial score (nSPS) is 12.7. The number of nitrogens with two attached hydrogens (primary N) is 1. The minimum atomic E-state index is -3.80. The van der Waals surface area contributed by atoms with Crippen LogP contribution >= 0.6 is 15.9 Å². The van der Waals surface area contributed by atoms with Crippen molar-refractivity contribution in [1.82, 2.24) is 4.72 Å². The average molecular weight is 355 g/mol. The predicted octanol–water partition coefficient (Wildman–Crippen LogP) is 1.87. The van der Waals surface area contributed by atoms with Gasteiger partial charge in [-0.3, -0.25) is 0 Å². The lowest BCUT2D eigenvalue weighted by molar-refractivity contribution is 0.0276. The summed E-state index contributed by atoms with van der Waals surface area (Å²) in [7, 11) is -2.31. The summed E-state index contributed by atoms with van der Waals surface area (Å²) in [6.45, 7) is 3.56. The van der Waals surface area contributed by atoms with Gasteiger partial charge in [0.05, 0.1) is 16.2 Å². The number of nitrogen functional groups attached to an aromatic ring is 1. The van der Waals surface area contributed by atoms with Crippen molar-refractivity contribution < 1.29 is 17.5 Å². The fourth-order valence-corrected chi connectivity index (χ4v) is 3.42. The Morgan fingerprint density at radius 1 is 1.47 bits per heavy atom. The van der Waals surface area contributed by atoms with Crippen LogP contribution < -0.4 is 10.5 Å². The number of sulfonamides is 1. The SMILES string of the molecule is COC(C)(C)CNS(=O)(=O)c1cc(N)c(F)cc1Br.